The van der Waals surface area contributed by atoms with Crippen molar-refractivity contribution in [3.63, 3.8) is 0 Å². The second kappa shape index (κ2) is 7.92. The summed E-state index contributed by atoms with van der Waals surface area (Å²) in [4.78, 5) is 27.5. The highest BCUT2D eigenvalue weighted by Gasteiger charge is 2.24. The number of carbonyl (C=O) groups is 2. The molecule has 1 heterocycles. The number of nitrogens with one attached hydrogen (secondary N) is 1. The zero-order valence-corrected chi connectivity index (χ0v) is 16.7. The molecule has 0 spiro atoms. The highest BCUT2D eigenvalue weighted by atomic mass is 16.2. The number of anilines is 2. The number of amides is 2. The topological polar surface area (TPSA) is 49.4 Å². The maximum absolute atomic E-state index is 12.9. The molecule has 1 aliphatic heterocycles. The number of hydrogen-bond acceptors (Lipinski definition) is 2. The van der Waals surface area contributed by atoms with Gasteiger partial charge in [-0.25, -0.2) is 0 Å². The summed E-state index contributed by atoms with van der Waals surface area (Å²) in [6.07, 6.45) is 1.79. The van der Waals surface area contributed by atoms with E-state index in [9.17, 15) is 9.59 Å². The Hall–Kier alpha value is -3.40. The van der Waals surface area contributed by atoms with Crippen LogP contribution in [-0.4, -0.2) is 18.4 Å². The molecule has 1 aliphatic rings. The first-order chi connectivity index (χ1) is 14.0. The second-order valence-corrected chi connectivity index (χ2v) is 7.54. The summed E-state index contributed by atoms with van der Waals surface area (Å²) in [6, 6.07) is 21.0. The summed E-state index contributed by atoms with van der Waals surface area (Å²) in [5.41, 5.74) is 6.14. The minimum Gasteiger partial charge on any atom is -0.322 e. The molecule has 4 nitrogen and oxygen atoms in total. The van der Waals surface area contributed by atoms with Gasteiger partial charge in [0.15, 0.2) is 0 Å². The molecule has 0 radical (unpaired) electrons. The average molecular weight is 384 g/mol. The lowest BCUT2D eigenvalue weighted by Gasteiger charge is -2.30. The predicted molar refractivity (Wildman–Crippen MR) is 117 cm³/mol. The number of fused-ring (bicyclic) bond motifs is 1. The van der Waals surface area contributed by atoms with E-state index >= 15 is 0 Å². The third-order valence-electron chi connectivity index (χ3n) is 5.36. The number of rotatable bonds is 3. The Morgan fingerprint density at radius 1 is 0.931 bits per heavy atom. The van der Waals surface area contributed by atoms with E-state index in [1.807, 2.05) is 85.5 Å². The zero-order chi connectivity index (χ0) is 20.4. The minimum atomic E-state index is -0.112. The van der Waals surface area contributed by atoms with Crippen LogP contribution >= 0.6 is 0 Å². The highest BCUT2D eigenvalue weighted by Crippen LogP contribution is 2.31. The van der Waals surface area contributed by atoms with Crippen LogP contribution in [0.4, 0.5) is 11.4 Å². The van der Waals surface area contributed by atoms with Gasteiger partial charge in [0, 0.05) is 29.0 Å². The first-order valence-electron chi connectivity index (χ1n) is 9.91. The fraction of sp³-hybridized carbons (Fsp3) is 0.200. The van der Waals surface area contributed by atoms with Crippen LogP contribution < -0.4 is 10.2 Å². The van der Waals surface area contributed by atoms with Crippen LogP contribution in [0.15, 0.2) is 66.7 Å². The van der Waals surface area contributed by atoms with Crippen molar-refractivity contribution in [2.75, 3.05) is 16.8 Å². The Morgan fingerprint density at radius 3 is 2.52 bits per heavy atom. The average Bonchev–Trinajstić information content (AvgIpc) is 2.75. The van der Waals surface area contributed by atoms with Crippen molar-refractivity contribution >= 4 is 23.2 Å². The lowest BCUT2D eigenvalue weighted by molar-refractivity contribution is 0.0983. The van der Waals surface area contributed by atoms with Crippen molar-refractivity contribution in [1.82, 2.24) is 0 Å². The first kappa shape index (κ1) is 18.9. The molecule has 0 unspecified atom stereocenters. The first-order valence-corrected chi connectivity index (χ1v) is 9.91. The number of aryl methyl sites for hydroxylation is 3. The quantitative estimate of drug-likeness (QED) is 0.679. The molecule has 3 aromatic carbocycles. The van der Waals surface area contributed by atoms with E-state index < -0.39 is 0 Å². The van der Waals surface area contributed by atoms with Gasteiger partial charge in [-0.1, -0.05) is 35.9 Å². The van der Waals surface area contributed by atoms with Gasteiger partial charge in [-0.15, -0.1) is 0 Å². The van der Waals surface area contributed by atoms with Crippen LogP contribution in [0.3, 0.4) is 0 Å². The number of carbonyl (C=O) groups excluding carboxylic acids is 2. The summed E-state index contributed by atoms with van der Waals surface area (Å²) in [7, 11) is 0. The summed E-state index contributed by atoms with van der Waals surface area (Å²) in [5.74, 6) is -0.0992. The molecule has 0 bridgehead atoms. The molecule has 0 atom stereocenters. The molecular weight excluding hydrogens is 360 g/mol. The molecule has 4 rings (SSSR count). The van der Waals surface area contributed by atoms with Gasteiger partial charge in [0.25, 0.3) is 11.8 Å². The molecule has 0 saturated heterocycles. The lowest BCUT2D eigenvalue weighted by Crippen LogP contribution is -2.35. The molecule has 1 N–H and O–H groups in total. The molecule has 146 valence electrons. The van der Waals surface area contributed by atoms with E-state index in [0.717, 1.165) is 40.9 Å². The van der Waals surface area contributed by atoms with Gasteiger partial charge < -0.3 is 10.2 Å². The summed E-state index contributed by atoms with van der Waals surface area (Å²) >= 11 is 0. The standard InChI is InChI=1S/C25H24N2O2/c1-17-10-11-18(2)22(15-17)24(28)26-21-12-13-23-20(16-21)9-6-14-27(23)25(29)19-7-4-3-5-8-19/h3-5,7-8,10-13,15-16H,6,9,14H2,1-2H3,(H,26,28). The Labute approximate surface area is 171 Å². The van der Waals surface area contributed by atoms with Gasteiger partial charge in [-0.05, 0) is 74.2 Å². The van der Waals surface area contributed by atoms with Gasteiger partial charge in [0.05, 0.1) is 0 Å². The number of nitrogens with zero attached hydrogens (tertiary/aromatic N) is 1. The van der Waals surface area contributed by atoms with Crippen molar-refractivity contribution in [1.29, 1.82) is 0 Å². The van der Waals surface area contributed by atoms with E-state index in [-0.39, 0.29) is 11.8 Å². The molecule has 29 heavy (non-hydrogen) atoms. The maximum Gasteiger partial charge on any atom is 0.258 e. The molecule has 2 amide bonds. The lowest BCUT2D eigenvalue weighted by atomic mass is 9.99. The fourth-order valence-corrected chi connectivity index (χ4v) is 3.80. The Bertz CT molecular complexity index is 1070. The van der Waals surface area contributed by atoms with Crippen molar-refractivity contribution in [3.05, 3.63) is 94.5 Å². The fourth-order valence-electron chi connectivity index (χ4n) is 3.80. The Kier molecular flexibility index (Phi) is 5.17. The third-order valence-corrected chi connectivity index (χ3v) is 5.36. The van der Waals surface area contributed by atoms with Crippen molar-refractivity contribution in [3.8, 4) is 0 Å². The van der Waals surface area contributed by atoms with Crippen LogP contribution in [0.25, 0.3) is 0 Å². The number of hydrogen-bond donors (Lipinski definition) is 1. The minimum absolute atomic E-state index is 0.0127. The summed E-state index contributed by atoms with van der Waals surface area (Å²) < 4.78 is 0. The van der Waals surface area contributed by atoms with Crippen molar-refractivity contribution in [2.45, 2.75) is 26.7 Å². The van der Waals surface area contributed by atoms with E-state index in [4.69, 9.17) is 0 Å². The van der Waals surface area contributed by atoms with E-state index in [1.54, 1.807) is 0 Å². The van der Waals surface area contributed by atoms with Crippen LogP contribution in [0.5, 0.6) is 0 Å². The Morgan fingerprint density at radius 2 is 1.72 bits per heavy atom. The van der Waals surface area contributed by atoms with Gasteiger partial charge in [-0.3, -0.25) is 9.59 Å². The van der Waals surface area contributed by atoms with Gasteiger partial charge >= 0.3 is 0 Å². The van der Waals surface area contributed by atoms with Crippen LogP contribution in [0, 0.1) is 13.8 Å². The van der Waals surface area contributed by atoms with Gasteiger partial charge in [0.1, 0.15) is 0 Å². The van der Waals surface area contributed by atoms with Crippen LogP contribution in [0.1, 0.15) is 43.8 Å². The predicted octanol–water partition coefficient (Wildman–Crippen LogP) is 5.15. The molecule has 0 aromatic heterocycles. The maximum atomic E-state index is 12.9. The molecule has 3 aromatic rings. The number of benzene rings is 3. The molecule has 0 aliphatic carbocycles. The highest BCUT2D eigenvalue weighted by molar-refractivity contribution is 6.08. The van der Waals surface area contributed by atoms with Crippen molar-refractivity contribution < 1.29 is 9.59 Å². The molecule has 0 saturated carbocycles. The molecule has 4 heteroatoms. The summed E-state index contributed by atoms with van der Waals surface area (Å²) in [6.45, 7) is 4.62. The smallest absolute Gasteiger partial charge is 0.258 e. The molecular formula is C25H24N2O2. The third kappa shape index (κ3) is 3.92. The van der Waals surface area contributed by atoms with E-state index in [1.165, 1.54) is 0 Å². The van der Waals surface area contributed by atoms with Crippen LogP contribution in [0.2, 0.25) is 0 Å². The largest absolute Gasteiger partial charge is 0.322 e. The SMILES string of the molecule is Cc1ccc(C)c(C(=O)Nc2ccc3c(c2)CCCN3C(=O)c2ccccc2)c1. The second-order valence-electron chi connectivity index (χ2n) is 7.54. The molecule has 0 fully saturated rings. The van der Waals surface area contributed by atoms with E-state index in [0.29, 0.717) is 17.7 Å². The zero-order valence-electron chi connectivity index (χ0n) is 16.7. The van der Waals surface area contributed by atoms with Crippen LogP contribution in [-0.2, 0) is 6.42 Å². The normalized spacial score (nSPS) is 13.0. The van der Waals surface area contributed by atoms with E-state index in [2.05, 4.69) is 5.32 Å². The van der Waals surface area contributed by atoms with Gasteiger partial charge in [-0.2, -0.15) is 0 Å². The van der Waals surface area contributed by atoms with Crippen molar-refractivity contribution in [2.24, 2.45) is 0 Å². The monoisotopic (exact) mass is 384 g/mol. The van der Waals surface area contributed by atoms with Gasteiger partial charge in [0.2, 0.25) is 0 Å². The Balaban J connectivity index is 1.58. The summed E-state index contributed by atoms with van der Waals surface area (Å²) in [5, 5.41) is 3.01.